The average Bonchev–Trinajstić information content (AvgIpc) is 2.93. The molecule has 2 rings (SSSR count). The number of anilines is 1. The third-order valence-corrected chi connectivity index (χ3v) is 3.96. The minimum Gasteiger partial charge on any atom is -0.448 e. The molecule has 1 aromatic carbocycles. The maximum Gasteiger partial charge on any atom is 0.349 e. The maximum atomic E-state index is 12.0. The molecule has 1 amide bonds. The van der Waals surface area contributed by atoms with Crippen LogP contribution in [0, 0.1) is 18.3 Å². The van der Waals surface area contributed by atoms with Crippen LogP contribution in [0.5, 0.6) is 0 Å². The molecule has 0 unspecified atom stereocenters. The molecule has 6 heteroatoms. The van der Waals surface area contributed by atoms with E-state index in [2.05, 4.69) is 5.32 Å². The van der Waals surface area contributed by atoms with Crippen LogP contribution < -0.4 is 5.32 Å². The van der Waals surface area contributed by atoms with E-state index < -0.39 is 18.0 Å². The van der Waals surface area contributed by atoms with Gasteiger partial charge in [0.2, 0.25) is 0 Å². The molecule has 0 saturated carbocycles. The number of ether oxygens (including phenoxy) is 1. The summed E-state index contributed by atoms with van der Waals surface area (Å²) in [5, 5.41) is 13.2. The van der Waals surface area contributed by atoms with Gasteiger partial charge < -0.3 is 10.1 Å². The Morgan fingerprint density at radius 3 is 2.77 bits per heavy atom. The predicted molar refractivity (Wildman–Crippen MR) is 83.7 cm³/mol. The highest BCUT2D eigenvalue weighted by molar-refractivity contribution is 7.12. The molecule has 1 atom stereocenters. The van der Waals surface area contributed by atoms with Gasteiger partial charge in [0.15, 0.2) is 6.10 Å². The molecule has 0 spiro atoms. The zero-order valence-corrected chi connectivity index (χ0v) is 12.9. The molecule has 1 aromatic heterocycles. The summed E-state index contributed by atoms with van der Waals surface area (Å²) in [7, 11) is 0. The van der Waals surface area contributed by atoms with Crippen LogP contribution in [-0.4, -0.2) is 18.0 Å². The van der Waals surface area contributed by atoms with E-state index in [1.807, 2.05) is 19.1 Å². The number of hydrogen-bond donors (Lipinski definition) is 1. The second-order valence-corrected chi connectivity index (χ2v) is 5.58. The Labute approximate surface area is 132 Å². The number of rotatable bonds is 4. The minimum atomic E-state index is -0.931. The summed E-state index contributed by atoms with van der Waals surface area (Å²) in [6.07, 6.45) is -0.931. The molecule has 0 aliphatic carbocycles. The van der Waals surface area contributed by atoms with Crippen LogP contribution in [-0.2, 0) is 9.53 Å². The molecule has 0 saturated heterocycles. The van der Waals surface area contributed by atoms with Gasteiger partial charge in [0.05, 0.1) is 11.6 Å². The molecular formula is C16H14N2O3S. The van der Waals surface area contributed by atoms with Crippen LogP contribution in [0.25, 0.3) is 0 Å². The molecule has 1 heterocycles. The van der Waals surface area contributed by atoms with Gasteiger partial charge in [-0.15, -0.1) is 11.3 Å². The second-order valence-electron chi connectivity index (χ2n) is 4.66. The number of nitrogens with one attached hydrogen (secondary N) is 1. The summed E-state index contributed by atoms with van der Waals surface area (Å²) >= 11 is 1.28. The van der Waals surface area contributed by atoms with Gasteiger partial charge >= 0.3 is 5.97 Å². The van der Waals surface area contributed by atoms with Gasteiger partial charge in [-0.2, -0.15) is 5.26 Å². The SMILES string of the molecule is Cc1ccsc1C(=O)O[C@@H](C)C(=O)Nc1cccc(C#N)c1. The highest BCUT2D eigenvalue weighted by Crippen LogP contribution is 2.18. The first-order valence-corrected chi connectivity index (χ1v) is 7.45. The molecule has 0 bridgehead atoms. The molecule has 5 nitrogen and oxygen atoms in total. The highest BCUT2D eigenvalue weighted by atomic mass is 32.1. The molecule has 112 valence electrons. The smallest absolute Gasteiger partial charge is 0.349 e. The quantitative estimate of drug-likeness (QED) is 0.879. The monoisotopic (exact) mass is 314 g/mol. The first kappa shape index (κ1) is 15.7. The van der Waals surface area contributed by atoms with Crippen molar-refractivity contribution in [3.8, 4) is 6.07 Å². The fourth-order valence-electron chi connectivity index (χ4n) is 1.76. The number of thiophene rings is 1. The van der Waals surface area contributed by atoms with Gasteiger partial charge in [-0.1, -0.05) is 6.07 Å². The summed E-state index contributed by atoms with van der Waals surface area (Å²) in [6.45, 7) is 3.32. The first-order chi connectivity index (χ1) is 10.5. The third-order valence-electron chi connectivity index (χ3n) is 2.96. The molecule has 2 aromatic rings. The van der Waals surface area contributed by atoms with E-state index in [0.717, 1.165) is 5.56 Å². The van der Waals surface area contributed by atoms with E-state index in [4.69, 9.17) is 10.00 Å². The van der Waals surface area contributed by atoms with Gasteiger partial charge in [0.1, 0.15) is 4.88 Å². The number of carbonyl (C=O) groups is 2. The van der Waals surface area contributed by atoms with Crippen molar-refractivity contribution in [1.29, 1.82) is 5.26 Å². The normalized spacial score (nSPS) is 11.3. The van der Waals surface area contributed by atoms with Crippen molar-refractivity contribution < 1.29 is 14.3 Å². The minimum absolute atomic E-state index is 0.441. The van der Waals surface area contributed by atoms with Crippen molar-refractivity contribution in [3.63, 3.8) is 0 Å². The van der Waals surface area contributed by atoms with Crippen LogP contribution in [0.2, 0.25) is 0 Å². The summed E-state index contributed by atoms with van der Waals surface area (Å²) in [5.74, 6) is -0.960. The van der Waals surface area contributed by atoms with Crippen molar-refractivity contribution >= 4 is 28.9 Å². The van der Waals surface area contributed by atoms with Gasteiger partial charge in [-0.05, 0) is 49.1 Å². The Hall–Kier alpha value is -2.65. The number of aryl methyl sites for hydroxylation is 1. The van der Waals surface area contributed by atoms with Crippen LogP contribution in [0.15, 0.2) is 35.7 Å². The second kappa shape index (κ2) is 6.87. The number of nitrogens with zero attached hydrogens (tertiary/aromatic N) is 1. The molecule has 0 fully saturated rings. The van der Waals surface area contributed by atoms with Crippen LogP contribution in [0.1, 0.15) is 27.7 Å². The van der Waals surface area contributed by atoms with Crippen LogP contribution in [0.3, 0.4) is 0 Å². The van der Waals surface area contributed by atoms with Crippen molar-refractivity contribution in [2.24, 2.45) is 0 Å². The maximum absolute atomic E-state index is 12.0. The molecule has 0 aliphatic heterocycles. The largest absolute Gasteiger partial charge is 0.448 e. The topological polar surface area (TPSA) is 79.2 Å². The number of benzene rings is 1. The lowest BCUT2D eigenvalue weighted by molar-refractivity contribution is -0.123. The Morgan fingerprint density at radius 1 is 1.36 bits per heavy atom. The fourth-order valence-corrected chi connectivity index (χ4v) is 2.57. The lowest BCUT2D eigenvalue weighted by Crippen LogP contribution is -2.29. The van der Waals surface area contributed by atoms with Gasteiger partial charge in [-0.25, -0.2) is 4.79 Å². The summed E-state index contributed by atoms with van der Waals surface area (Å²) in [6, 6.07) is 10.3. The van der Waals surface area contributed by atoms with E-state index in [9.17, 15) is 9.59 Å². The van der Waals surface area contributed by atoms with E-state index >= 15 is 0 Å². The van der Waals surface area contributed by atoms with Crippen LogP contribution in [0.4, 0.5) is 5.69 Å². The number of carbonyl (C=O) groups excluding carboxylic acids is 2. The number of hydrogen-bond acceptors (Lipinski definition) is 5. The molecular weight excluding hydrogens is 300 g/mol. The third kappa shape index (κ3) is 3.71. The number of nitriles is 1. The molecule has 22 heavy (non-hydrogen) atoms. The summed E-state index contributed by atoms with van der Waals surface area (Å²) < 4.78 is 5.16. The van der Waals surface area contributed by atoms with Crippen molar-refractivity contribution in [3.05, 3.63) is 51.7 Å². The van der Waals surface area contributed by atoms with E-state index in [-0.39, 0.29) is 0 Å². The zero-order chi connectivity index (χ0) is 16.1. The Balaban J connectivity index is 1.99. The van der Waals surface area contributed by atoms with Crippen molar-refractivity contribution in [2.45, 2.75) is 20.0 Å². The highest BCUT2D eigenvalue weighted by Gasteiger charge is 2.20. The van der Waals surface area contributed by atoms with Gasteiger partial charge in [-0.3, -0.25) is 4.79 Å². The molecule has 1 N–H and O–H groups in total. The van der Waals surface area contributed by atoms with Gasteiger partial charge in [0.25, 0.3) is 5.91 Å². The molecule has 0 radical (unpaired) electrons. The standard InChI is InChI=1S/C16H14N2O3S/c1-10-6-7-22-14(10)16(20)21-11(2)15(19)18-13-5-3-4-12(8-13)9-17/h3-8,11H,1-2H3,(H,18,19)/t11-/m0/s1. The molecule has 0 aliphatic rings. The zero-order valence-electron chi connectivity index (χ0n) is 12.1. The van der Waals surface area contributed by atoms with Crippen LogP contribution >= 0.6 is 11.3 Å². The van der Waals surface area contributed by atoms with E-state index in [1.165, 1.54) is 18.3 Å². The summed E-state index contributed by atoms with van der Waals surface area (Å²) in [4.78, 5) is 24.5. The summed E-state index contributed by atoms with van der Waals surface area (Å²) in [5.41, 5.74) is 1.75. The number of esters is 1. The van der Waals surface area contributed by atoms with E-state index in [1.54, 1.807) is 29.6 Å². The van der Waals surface area contributed by atoms with Crippen molar-refractivity contribution in [2.75, 3.05) is 5.32 Å². The lowest BCUT2D eigenvalue weighted by Gasteiger charge is -2.13. The fraction of sp³-hybridized carbons (Fsp3) is 0.188. The number of amides is 1. The first-order valence-electron chi connectivity index (χ1n) is 6.57. The Kier molecular flexibility index (Phi) is 4.92. The predicted octanol–water partition coefficient (Wildman–Crippen LogP) is 3.11. The Bertz CT molecular complexity index is 746. The average molecular weight is 314 g/mol. The van der Waals surface area contributed by atoms with E-state index in [0.29, 0.717) is 16.1 Å². The van der Waals surface area contributed by atoms with Crippen molar-refractivity contribution in [1.82, 2.24) is 0 Å². The van der Waals surface area contributed by atoms with Gasteiger partial charge in [0, 0.05) is 5.69 Å². The lowest BCUT2D eigenvalue weighted by atomic mass is 10.2. The Morgan fingerprint density at radius 2 is 2.14 bits per heavy atom.